The number of fused-ring (bicyclic) bond motifs is 3. The Morgan fingerprint density at radius 1 is 1.42 bits per heavy atom. The largest absolute Gasteiger partial charge is 0.436 e. The predicted molar refractivity (Wildman–Crippen MR) is 81.4 cm³/mol. The SMILES string of the molecule is Cn1nc(C(F)(F)F)c(Cl)c1C(=O)N1CC[C@@H]2OCc3cnnn3[C@@H]2C1. The van der Waals surface area contributed by atoms with Crippen molar-refractivity contribution in [2.75, 3.05) is 13.1 Å². The van der Waals surface area contributed by atoms with Crippen LogP contribution in [0.15, 0.2) is 6.20 Å². The molecule has 2 aliphatic heterocycles. The van der Waals surface area contributed by atoms with Crippen LogP contribution < -0.4 is 0 Å². The van der Waals surface area contributed by atoms with E-state index in [4.69, 9.17) is 16.3 Å². The second kappa shape index (κ2) is 5.95. The standard InChI is InChI=1S/C14H14ClF3N6O2/c1-22-11(10(15)12(20-22)14(16,17)18)13(25)23-3-2-9-8(5-23)24-7(6-26-9)4-19-21-24/h4,8-9H,2-3,5-6H2,1H3/t8-,9+/m1/s1. The smallest absolute Gasteiger partial charge is 0.370 e. The summed E-state index contributed by atoms with van der Waals surface area (Å²) in [4.78, 5) is 14.3. The monoisotopic (exact) mass is 390 g/mol. The van der Waals surface area contributed by atoms with Crippen molar-refractivity contribution in [3.63, 3.8) is 0 Å². The van der Waals surface area contributed by atoms with E-state index in [9.17, 15) is 18.0 Å². The summed E-state index contributed by atoms with van der Waals surface area (Å²) in [7, 11) is 1.26. The Kier molecular flexibility index (Phi) is 3.95. The third kappa shape index (κ3) is 2.65. The first-order chi connectivity index (χ1) is 12.3. The van der Waals surface area contributed by atoms with E-state index >= 15 is 0 Å². The molecule has 8 nitrogen and oxygen atoms in total. The molecule has 0 radical (unpaired) electrons. The second-order valence-corrected chi connectivity index (χ2v) is 6.64. The Morgan fingerprint density at radius 3 is 2.88 bits per heavy atom. The molecule has 0 spiro atoms. The van der Waals surface area contributed by atoms with E-state index in [0.29, 0.717) is 19.6 Å². The van der Waals surface area contributed by atoms with Crippen molar-refractivity contribution in [2.24, 2.45) is 7.05 Å². The fourth-order valence-corrected chi connectivity index (χ4v) is 3.77. The summed E-state index contributed by atoms with van der Waals surface area (Å²) in [5, 5.41) is 10.6. The van der Waals surface area contributed by atoms with Crippen LogP contribution in [-0.4, -0.2) is 54.8 Å². The van der Waals surface area contributed by atoms with Crippen LogP contribution in [-0.2, 0) is 24.6 Å². The zero-order valence-corrected chi connectivity index (χ0v) is 14.3. The summed E-state index contributed by atoms with van der Waals surface area (Å²) in [5.41, 5.74) is -0.758. The maximum absolute atomic E-state index is 13.0. The molecule has 2 aromatic rings. The summed E-state index contributed by atoms with van der Waals surface area (Å²) in [6, 6.07) is -0.243. The van der Waals surface area contributed by atoms with Gasteiger partial charge in [0.05, 0.1) is 30.6 Å². The number of hydrogen-bond donors (Lipinski definition) is 0. The average molecular weight is 391 g/mol. The van der Waals surface area contributed by atoms with E-state index in [-0.39, 0.29) is 24.4 Å². The number of nitrogens with zero attached hydrogens (tertiary/aromatic N) is 6. The lowest BCUT2D eigenvalue weighted by Crippen LogP contribution is -2.50. The molecule has 26 heavy (non-hydrogen) atoms. The molecular weight excluding hydrogens is 377 g/mol. The molecule has 1 amide bonds. The van der Waals surface area contributed by atoms with Crippen LogP contribution in [0, 0.1) is 0 Å². The van der Waals surface area contributed by atoms with Gasteiger partial charge in [-0.15, -0.1) is 5.10 Å². The minimum absolute atomic E-state index is 0.124. The molecule has 12 heteroatoms. The van der Waals surface area contributed by atoms with Gasteiger partial charge in [0.15, 0.2) is 5.69 Å². The molecule has 4 heterocycles. The van der Waals surface area contributed by atoms with Gasteiger partial charge in [-0.05, 0) is 6.42 Å². The van der Waals surface area contributed by atoms with Crippen molar-refractivity contribution in [1.29, 1.82) is 0 Å². The lowest BCUT2D eigenvalue weighted by atomic mass is 10.00. The number of halogens is 4. The number of aromatic nitrogens is 5. The number of amides is 1. The topological polar surface area (TPSA) is 78.1 Å². The van der Waals surface area contributed by atoms with Crippen molar-refractivity contribution >= 4 is 17.5 Å². The minimum Gasteiger partial charge on any atom is -0.370 e. The van der Waals surface area contributed by atoms with Crippen LogP contribution in [0.3, 0.4) is 0 Å². The first-order valence-corrected chi connectivity index (χ1v) is 8.24. The van der Waals surface area contributed by atoms with Crippen LogP contribution in [0.4, 0.5) is 13.2 Å². The van der Waals surface area contributed by atoms with Crippen molar-refractivity contribution < 1.29 is 22.7 Å². The average Bonchev–Trinajstić information content (AvgIpc) is 3.18. The Morgan fingerprint density at radius 2 is 2.19 bits per heavy atom. The molecule has 2 atom stereocenters. The van der Waals surface area contributed by atoms with Crippen LogP contribution in [0.1, 0.15) is 34.3 Å². The number of hydrogen-bond acceptors (Lipinski definition) is 5. The zero-order valence-electron chi connectivity index (χ0n) is 13.6. The summed E-state index contributed by atoms with van der Waals surface area (Å²) in [6.07, 6.45) is -2.73. The normalized spacial score (nSPS) is 22.9. The highest BCUT2D eigenvalue weighted by atomic mass is 35.5. The summed E-state index contributed by atoms with van der Waals surface area (Å²) in [5.74, 6) is -0.605. The first-order valence-electron chi connectivity index (χ1n) is 7.87. The van der Waals surface area contributed by atoms with Gasteiger partial charge < -0.3 is 9.64 Å². The number of alkyl halides is 3. The van der Waals surface area contributed by atoms with E-state index < -0.39 is 22.8 Å². The van der Waals surface area contributed by atoms with E-state index in [0.717, 1.165) is 10.4 Å². The number of piperidine rings is 1. The van der Waals surface area contributed by atoms with Crippen LogP contribution >= 0.6 is 11.6 Å². The first kappa shape index (κ1) is 17.3. The van der Waals surface area contributed by atoms with E-state index in [1.54, 1.807) is 10.9 Å². The highest BCUT2D eigenvalue weighted by Crippen LogP contribution is 2.37. The molecule has 1 fully saturated rings. The lowest BCUT2D eigenvalue weighted by Gasteiger charge is -2.40. The molecule has 2 aliphatic rings. The number of carbonyl (C=O) groups is 1. The third-order valence-corrected chi connectivity index (χ3v) is 5.03. The van der Waals surface area contributed by atoms with Gasteiger partial charge in [-0.3, -0.25) is 9.48 Å². The van der Waals surface area contributed by atoms with Gasteiger partial charge in [0, 0.05) is 20.1 Å². The zero-order chi connectivity index (χ0) is 18.6. The fraction of sp³-hybridized carbons (Fsp3) is 0.571. The summed E-state index contributed by atoms with van der Waals surface area (Å²) in [6.45, 7) is 0.972. The lowest BCUT2D eigenvalue weighted by molar-refractivity contribution is -0.141. The molecule has 0 aromatic carbocycles. The molecule has 0 bridgehead atoms. The minimum atomic E-state index is -4.73. The van der Waals surface area contributed by atoms with Gasteiger partial charge in [0.25, 0.3) is 5.91 Å². The second-order valence-electron chi connectivity index (χ2n) is 6.26. The predicted octanol–water partition coefficient (Wildman–Crippen LogP) is 1.67. The molecular formula is C14H14ClF3N6O2. The van der Waals surface area contributed by atoms with Gasteiger partial charge in [-0.25, -0.2) is 4.68 Å². The Bertz CT molecular complexity index is 863. The van der Waals surface area contributed by atoms with Crippen molar-refractivity contribution in [1.82, 2.24) is 29.7 Å². The van der Waals surface area contributed by atoms with Gasteiger partial charge in [0.1, 0.15) is 10.7 Å². The van der Waals surface area contributed by atoms with Crippen molar-refractivity contribution in [3.8, 4) is 0 Å². The van der Waals surface area contributed by atoms with Gasteiger partial charge in [-0.1, -0.05) is 16.8 Å². The fourth-order valence-electron chi connectivity index (χ4n) is 3.42. The molecule has 1 saturated heterocycles. The molecule has 0 aliphatic carbocycles. The number of carbonyl (C=O) groups excluding carboxylic acids is 1. The molecule has 140 valence electrons. The summed E-state index contributed by atoms with van der Waals surface area (Å²) < 4.78 is 47.3. The maximum atomic E-state index is 13.0. The maximum Gasteiger partial charge on any atom is 0.436 e. The number of rotatable bonds is 1. The van der Waals surface area contributed by atoms with Crippen LogP contribution in [0.5, 0.6) is 0 Å². The highest BCUT2D eigenvalue weighted by molar-refractivity contribution is 6.34. The van der Waals surface area contributed by atoms with Crippen LogP contribution in [0.2, 0.25) is 5.02 Å². The molecule has 0 saturated carbocycles. The Labute approximate surface area is 150 Å². The molecule has 0 N–H and O–H groups in total. The van der Waals surface area contributed by atoms with Crippen molar-refractivity contribution in [3.05, 3.63) is 28.3 Å². The van der Waals surface area contributed by atoms with Crippen molar-refractivity contribution in [2.45, 2.75) is 31.3 Å². The Balaban J connectivity index is 1.62. The van der Waals surface area contributed by atoms with Gasteiger partial charge >= 0.3 is 6.18 Å². The third-order valence-electron chi connectivity index (χ3n) is 4.68. The number of ether oxygens (including phenoxy) is 1. The molecule has 2 aromatic heterocycles. The van der Waals surface area contributed by atoms with Gasteiger partial charge in [-0.2, -0.15) is 18.3 Å². The molecule has 0 unspecified atom stereocenters. The Hall–Kier alpha value is -2.14. The number of likely N-dealkylation sites (tertiary alicyclic amines) is 1. The van der Waals surface area contributed by atoms with Gasteiger partial charge in [0.2, 0.25) is 0 Å². The summed E-state index contributed by atoms with van der Waals surface area (Å²) >= 11 is 5.83. The van der Waals surface area contributed by atoms with Crippen LogP contribution in [0.25, 0.3) is 0 Å². The number of aryl methyl sites for hydroxylation is 1. The van der Waals surface area contributed by atoms with E-state index in [1.165, 1.54) is 11.9 Å². The van der Waals surface area contributed by atoms with E-state index in [2.05, 4.69) is 15.4 Å². The molecule has 4 rings (SSSR count). The quantitative estimate of drug-likeness (QED) is 0.740. The highest BCUT2D eigenvalue weighted by Gasteiger charge is 2.42. The van der Waals surface area contributed by atoms with E-state index in [1.807, 2.05) is 0 Å².